The first kappa shape index (κ1) is 19.1. The van der Waals surface area contributed by atoms with Gasteiger partial charge in [0, 0.05) is 5.56 Å². The van der Waals surface area contributed by atoms with Crippen molar-refractivity contribution in [2.24, 2.45) is 5.92 Å². The van der Waals surface area contributed by atoms with E-state index in [2.05, 4.69) is 53.9 Å². The van der Waals surface area contributed by atoms with Crippen LogP contribution in [-0.4, -0.2) is 57.3 Å². The summed E-state index contributed by atoms with van der Waals surface area (Å²) in [6, 6.07) is 8.10. The Labute approximate surface area is 148 Å². The molecule has 0 amide bonds. The van der Waals surface area contributed by atoms with Crippen LogP contribution < -0.4 is 0 Å². The molecule has 2 atom stereocenters. The molecule has 0 aliphatic heterocycles. The molecule has 0 bridgehead atoms. The van der Waals surface area contributed by atoms with Crippen LogP contribution in [0.25, 0.3) is 0 Å². The molecule has 1 unspecified atom stereocenters. The second-order valence-corrected chi connectivity index (χ2v) is 7.76. The average molecular weight is 346 g/mol. The smallest absolute Gasteiger partial charge is 0.307 e. The maximum Gasteiger partial charge on any atom is 0.307 e. The summed E-state index contributed by atoms with van der Waals surface area (Å²) in [5.74, 6) is -1.06. The summed E-state index contributed by atoms with van der Waals surface area (Å²) in [5, 5.41) is 24.2. The van der Waals surface area contributed by atoms with E-state index in [4.69, 9.17) is 0 Å². The molecule has 0 saturated heterocycles. The van der Waals surface area contributed by atoms with Gasteiger partial charge in [-0.2, -0.15) is 5.21 Å². The highest BCUT2D eigenvalue weighted by molar-refractivity contribution is 5.73. The monoisotopic (exact) mass is 346 g/mol. The van der Waals surface area contributed by atoms with Crippen LogP contribution in [0, 0.1) is 5.92 Å². The fourth-order valence-corrected chi connectivity index (χ4v) is 3.32. The largest absolute Gasteiger partial charge is 0.481 e. The number of aliphatic carboxylic acids is 1. The fourth-order valence-electron chi connectivity index (χ4n) is 3.32. The van der Waals surface area contributed by atoms with Crippen molar-refractivity contribution >= 4 is 5.97 Å². The van der Waals surface area contributed by atoms with Gasteiger partial charge in [0.2, 0.25) is 0 Å². The lowest BCUT2D eigenvalue weighted by Gasteiger charge is -2.33. The van der Waals surface area contributed by atoms with Gasteiger partial charge in [0.05, 0.1) is 32.5 Å². The normalized spacial score (nSPS) is 15.6. The Balaban J connectivity index is 2.48. The quantitative estimate of drug-likeness (QED) is 0.715. The van der Waals surface area contributed by atoms with E-state index >= 15 is 0 Å². The topological polar surface area (TPSA) is 91.8 Å². The molecule has 0 aliphatic rings. The van der Waals surface area contributed by atoms with Crippen molar-refractivity contribution in [1.82, 2.24) is 20.6 Å². The molecule has 0 radical (unpaired) electrons. The van der Waals surface area contributed by atoms with Gasteiger partial charge in [-0.1, -0.05) is 42.8 Å². The molecule has 0 aliphatic carbocycles. The number of nitrogens with zero attached hydrogens (tertiary/aromatic N) is 4. The van der Waals surface area contributed by atoms with Crippen LogP contribution in [0.4, 0.5) is 0 Å². The lowest BCUT2D eigenvalue weighted by atomic mass is 9.69. The van der Waals surface area contributed by atoms with Crippen molar-refractivity contribution in [2.45, 2.75) is 38.6 Å². The number of rotatable bonds is 8. The summed E-state index contributed by atoms with van der Waals surface area (Å²) >= 11 is 0. The summed E-state index contributed by atoms with van der Waals surface area (Å²) in [4.78, 5) is 12.0. The van der Waals surface area contributed by atoms with Gasteiger partial charge in [-0.25, -0.2) is 0 Å². The third kappa shape index (κ3) is 4.22. The number of carboxylic acids is 1. The molecule has 2 aromatic rings. The third-order valence-corrected chi connectivity index (χ3v) is 4.59. The molecule has 1 heterocycles. The molecule has 1 aromatic carbocycles. The summed E-state index contributed by atoms with van der Waals surface area (Å²) in [7, 11) is 6.41. The van der Waals surface area contributed by atoms with Crippen LogP contribution in [0.15, 0.2) is 24.3 Å². The lowest BCUT2D eigenvalue weighted by Crippen LogP contribution is -2.39. The van der Waals surface area contributed by atoms with E-state index < -0.39 is 17.3 Å². The SMILES string of the molecule is CCCC(C(=O)O)[C@@](C)(c1ccc(C[N+](C)(C)C)cc1)c1nn[nH]n1. The first-order chi connectivity index (χ1) is 11.7. The summed E-state index contributed by atoms with van der Waals surface area (Å²) in [5.41, 5.74) is 1.25. The van der Waals surface area contributed by atoms with Gasteiger partial charge in [0.15, 0.2) is 5.82 Å². The Morgan fingerprint density at radius 2 is 1.92 bits per heavy atom. The average Bonchev–Trinajstić information content (AvgIpc) is 3.05. The van der Waals surface area contributed by atoms with Gasteiger partial charge >= 0.3 is 5.97 Å². The molecule has 2 N–H and O–H groups in total. The number of carboxylic acid groups (broad SMARTS) is 1. The van der Waals surface area contributed by atoms with E-state index in [1.807, 2.05) is 26.0 Å². The van der Waals surface area contributed by atoms with E-state index in [9.17, 15) is 9.90 Å². The highest BCUT2D eigenvalue weighted by Gasteiger charge is 2.44. The van der Waals surface area contributed by atoms with Crippen LogP contribution in [0.2, 0.25) is 0 Å². The van der Waals surface area contributed by atoms with Gasteiger partial charge in [-0.3, -0.25) is 4.79 Å². The van der Waals surface area contributed by atoms with Crippen molar-refractivity contribution in [3.8, 4) is 0 Å². The van der Waals surface area contributed by atoms with E-state index in [1.165, 1.54) is 5.56 Å². The standard InChI is InChI=1S/C18H27N5O2/c1-6-7-15(16(24)25)18(2,17-19-21-22-20-17)14-10-8-13(9-11-14)12-23(3,4)5/h8-11,15H,6-7,12H2,1-5H3,(H-,19,20,21,22,24,25)/p+1/t15?,18-/m1/s1. The first-order valence-corrected chi connectivity index (χ1v) is 8.55. The van der Waals surface area contributed by atoms with Crippen molar-refractivity contribution in [3.63, 3.8) is 0 Å². The number of quaternary nitrogens is 1. The number of carbonyl (C=O) groups is 1. The molecule has 0 spiro atoms. The van der Waals surface area contributed by atoms with E-state index in [0.29, 0.717) is 12.2 Å². The number of hydrogen-bond acceptors (Lipinski definition) is 4. The molecule has 7 nitrogen and oxygen atoms in total. The minimum absolute atomic E-state index is 0.410. The lowest BCUT2D eigenvalue weighted by molar-refractivity contribution is -0.884. The fraction of sp³-hybridized carbons (Fsp3) is 0.556. The van der Waals surface area contributed by atoms with Gasteiger partial charge in [0.1, 0.15) is 6.54 Å². The van der Waals surface area contributed by atoms with Crippen molar-refractivity contribution < 1.29 is 14.4 Å². The van der Waals surface area contributed by atoms with Gasteiger partial charge in [-0.15, -0.1) is 10.2 Å². The predicted molar refractivity (Wildman–Crippen MR) is 94.8 cm³/mol. The summed E-state index contributed by atoms with van der Waals surface area (Å²) < 4.78 is 0.828. The molecule has 7 heteroatoms. The van der Waals surface area contributed by atoms with Gasteiger partial charge < -0.3 is 9.59 Å². The maximum atomic E-state index is 12.0. The Morgan fingerprint density at radius 3 is 2.36 bits per heavy atom. The first-order valence-electron chi connectivity index (χ1n) is 8.55. The highest BCUT2D eigenvalue weighted by Crippen LogP contribution is 2.39. The summed E-state index contributed by atoms with van der Waals surface area (Å²) in [6.45, 7) is 4.77. The Morgan fingerprint density at radius 1 is 1.28 bits per heavy atom. The minimum Gasteiger partial charge on any atom is -0.481 e. The van der Waals surface area contributed by atoms with Crippen LogP contribution >= 0.6 is 0 Å². The number of benzene rings is 1. The van der Waals surface area contributed by atoms with Crippen molar-refractivity contribution in [2.75, 3.05) is 21.1 Å². The van der Waals surface area contributed by atoms with Crippen molar-refractivity contribution in [3.05, 3.63) is 41.2 Å². The summed E-state index contributed by atoms with van der Waals surface area (Å²) in [6.07, 6.45) is 1.31. The van der Waals surface area contributed by atoms with Crippen LogP contribution in [-0.2, 0) is 16.8 Å². The van der Waals surface area contributed by atoms with Crippen LogP contribution in [0.1, 0.15) is 43.6 Å². The number of tetrazole rings is 1. The zero-order valence-electron chi connectivity index (χ0n) is 15.7. The third-order valence-electron chi connectivity index (χ3n) is 4.59. The van der Waals surface area contributed by atoms with Gasteiger partial charge in [-0.05, 0) is 18.9 Å². The molecular weight excluding hydrogens is 318 g/mol. The van der Waals surface area contributed by atoms with Crippen molar-refractivity contribution in [1.29, 1.82) is 0 Å². The zero-order chi connectivity index (χ0) is 18.7. The molecular formula is C18H28N5O2+. The second kappa shape index (κ2) is 7.31. The molecule has 136 valence electrons. The molecule has 0 fully saturated rings. The van der Waals surface area contributed by atoms with Gasteiger partial charge in [0.25, 0.3) is 0 Å². The Kier molecular flexibility index (Phi) is 5.57. The maximum absolute atomic E-state index is 12.0. The molecule has 0 saturated carbocycles. The van der Waals surface area contributed by atoms with E-state index in [-0.39, 0.29) is 0 Å². The molecule has 1 aromatic heterocycles. The zero-order valence-corrected chi connectivity index (χ0v) is 15.7. The molecule has 25 heavy (non-hydrogen) atoms. The number of aromatic nitrogens is 4. The van der Waals surface area contributed by atoms with E-state index in [0.717, 1.165) is 23.0 Å². The number of hydrogen-bond donors (Lipinski definition) is 2. The molecule has 2 rings (SSSR count). The minimum atomic E-state index is -0.843. The predicted octanol–water partition coefficient (Wildman–Crippen LogP) is 2.21. The van der Waals surface area contributed by atoms with Crippen LogP contribution in [0.5, 0.6) is 0 Å². The number of H-pyrrole nitrogens is 1. The number of aromatic amines is 1. The number of nitrogens with one attached hydrogen (secondary N) is 1. The van der Waals surface area contributed by atoms with E-state index in [1.54, 1.807) is 0 Å². The Hall–Kier alpha value is -2.28. The highest BCUT2D eigenvalue weighted by atomic mass is 16.4. The van der Waals surface area contributed by atoms with Crippen LogP contribution in [0.3, 0.4) is 0 Å². The Bertz CT molecular complexity index is 691. The second-order valence-electron chi connectivity index (χ2n) is 7.76.